The van der Waals surface area contributed by atoms with Gasteiger partial charge in [0.2, 0.25) is 10.0 Å². The monoisotopic (exact) mass is 586 g/mol. The van der Waals surface area contributed by atoms with E-state index >= 15 is 8.78 Å². The highest BCUT2D eigenvalue weighted by Gasteiger charge is 2.71. The fourth-order valence-electron chi connectivity index (χ4n) is 5.41. The zero-order valence-electron chi connectivity index (χ0n) is 21.1. The predicted molar refractivity (Wildman–Crippen MR) is 126 cm³/mol. The van der Waals surface area contributed by atoms with Gasteiger partial charge in [0.15, 0.2) is 0 Å². The lowest BCUT2D eigenvalue weighted by molar-refractivity contribution is -0.376. The van der Waals surface area contributed by atoms with Crippen LogP contribution in [0.5, 0.6) is 0 Å². The van der Waals surface area contributed by atoms with Crippen LogP contribution in [-0.2, 0) is 22.2 Å². The van der Waals surface area contributed by atoms with E-state index in [4.69, 9.17) is 0 Å². The Morgan fingerprint density at radius 2 is 1.46 bits per heavy atom. The highest BCUT2D eigenvalue weighted by Crippen LogP contribution is 2.50. The maximum Gasteiger partial charge on any atom is 0.430 e. The molecule has 1 spiro atoms. The number of rotatable bonds is 6. The van der Waals surface area contributed by atoms with E-state index in [-0.39, 0.29) is 34.2 Å². The average Bonchev–Trinajstić information content (AvgIpc) is 2.73. The van der Waals surface area contributed by atoms with Crippen molar-refractivity contribution in [3.8, 4) is 11.1 Å². The third-order valence-corrected chi connectivity index (χ3v) is 8.52. The van der Waals surface area contributed by atoms with Gasteiger partial charge in [0.05, 0.1) is 6.26 Å². The molecule has 0 atom stereocenters. The van der Waals surface area contributed by atoms with Crippen LogP contribution in [-0.4, -0.2) is 67.5 Å². The zero-order chi connectivity index (χ0) is 29.3. The summed E-state index contributed by atoms with van der Waals surface area (Å²) in [5, 5.41) is 9.60. The molecular formula is C25H26F8N2O3S. The van der Waals surface area contributed by atoms with Crippen LogP contribution in [0.25, 0.3) is 11.1 Å². The summed E-state index contributed by atoms with van der Waals surface area (Å²) in [6.07, 6.45) is -11.0. The van der Waals surface area contributed by atoms with Crippen LogP contribution in [0.1, 0.15) is 36.5 Å². The summed E-state index contributed by atoms with van der Waals surface area (Å²) >= 11 is 0. The summed E-state index contributed by atoms with van der Waals surface area (Å²) in [5.74, 6) is -2.26. The molecule has 2 aromatic rings. The molecule has 5 nitrogen and oxygen atoms in total. The van der Waals surface area contributed by atoms with E-state index in [1.807, 2.05) is 4.90 Å². The lowest BCUT2D eigenvalue weighted by Crippen LogP contribution is -2.72. The Labute approximate surface area is 220 Å². The van der Waals surface area contributed by atoms with Crippen LogP contribution in [0.15, 0.2) is 30.3 Å². The summed E-state index contributed by atoms with van der Waals surface area (Å²) in [7, 11) is -3.29. The number of sulfonamides is 1. The summed E-state index contributed by atoms with van der Waals surface area (Å²) in [4.78, 5) is 1.84. The molecule has 2 aliphatic rings. The van der Waals surface area contributed by atoms with Crippen molar-refractivity contribution in [3.63, 3.8) is 0 Å². The topological polar surface area (TPSA) is 60.9 Å². The van der Waals surface area contributed by atoms with Crippen LogP contribution in [0, 0.1) is 17.0 Å². The summed E-state index contributed by atoms with van der Waals surface area (Å²) < 4.78 is 135. The Hall–Kier alpha value is -2.29. The molecule has 0 saturated carbocycles. The highest BCUT2D eigenvalue weighted by atomic mass is 32.2. The smallest absolute Gasteiger partial charge is 0.369 e. The third-order valence-electron chi connectivity index (χ3n) is 7.32. The van der Waals surface area contributed by atoms with Crippen molar-refractivity contribution >= 4 is 10.0 Å². The summed E-state index contributed by atoms with van der Waals surface area (Å²) in [6.45, 7) is 4.85. The lowest BCUT2D eigenvalue weighted by atomic mass is 9.74. The number of hydrogen-bond donors (Lipinski definition) is 1. The number of hydrogen-bond acceptors (Lipinski definition) is 4. The molecule has 0 aromatic heterocycles. The molecule has 2 saturated heterocycles. The first-order valence-electron chi connectivity index (χ1n) is 11.9. The minimum absolute atomic E-state index is 0.0224. The Bertz CT molecular complexity index is 1340. The van der Waals surface area contributed by atoms with Gasteiger partial charge in [-0.3, -0.25) is 4.90 Å². The normalized spacial score (nSPS) is 18.9. The minimum Gasteiger partial charge on any atom is -0.369 e. The zero-order valence-corrected chi connectivity index (χ0v) is 21.9. The number of alkyl halides is 6. The molecule has 4 rings (SSSR count). The molecule has 2 aliphatic heterocycles. The molecule has 2 heterocycles. The van der Waals surface area contributed by atoms with Crippen molar-refractivity contribution in [1.29, 1.82) is 0 Å². The van der Waals surface area contributed by atoms with Crippen LogP contribution in [0.4, 0.5) is 35.1 Å². The van der Waals surface area contributed by atoms with Gasteiger partial charge in [-0.15, -0.1) is 0 Å². The first-order valence-corrected chi connectivity index (χ1v) is 13.7. The van der Waals surface area contributed by atoms with Crippen molar-refractivity contribution in [2.45, 2.75) is 44.3 Å². The van der Waals surface area contributed by atoms with Gasteiger partial charge in [-0.05, 0) is 17.5 Å². The molecular weight excluding hydrogens is 560 g/mol. The number of likely N-dealkylation sites (tertiary alicyclic amines) is 1. The lowest BCUT2D eigenvalue weighted by Gasteiger charge is -2.59. The molecule has 0 bridgehead atoms. The number of nitrogens with zero attached hydrogens (tertiary/aromatic N) is 2. The Kier molecular flexibility index (Phi) is 7.14. The van der Waals surface area contributed by atoms with Gasteiger partial charge >= 0.3 is 12.4 Å². The number of halogens is 8. The minimum atomic E-state index is -6.08. The van der Waals surface area contributed by atoms with Crippen molar-refractivity contribution in [2.75, 3.05) is 32.4 Å². The van der Waals surface area contributed by atoms with Crippen LogP contribution < -0.4 is 0 Å². The van der Waals surface area contributed by atoms with Gasteiger partial charge in [0.25, 0.3) is 5.60 Å². The van der Waals surface area contributed by atoms with E-state index in [0.717, 1.165) is 24.5 Å². The molecule has 0 radical (unpaired) electrons. The van der Waals surface area contributed by atoms with Crippen molar-refractivity contribution < 1.29 is 48.6 Å². The Morgan fingerprint density at radius 1 is 0.949 bits per heavy atom. The summed E-state index contributed by atoms with van der Waals surface area (Å²) in [5.41, 5.74) is -7.41. The maximum atomic E-state index is 15.6. The number of benzene rings is 2. The standard InChI is InChI=1S/C25H26F8N2O3S/c1-14(2)19-20(15-4-6-17(7-5-15)23(36,24(28,29)30)25(31,32)33)18(26)8-16(21(19)27)9-34-10-22(11-34)12-35(13-22)39(3,37)38/h4-8,14,36H,9-13H2,1-3H3. The molecule has 39 heavy (non-hydrogen) atoms. The fraction of sp³-hybridized carbons (Fsp3) is 0.520. The van der Waals surface area contributed by atoms with E-state index in [1.54, 1.807) is 13.8 Å². The van der Waals surface area contributed by atoms with Gasteiger partial charge in [-0.2, -0.15) is 26.3 Å². The molecule has 216 valence electrons. The molecule has 2 aromatic carbocycles. The van der Waals surface area contributed by atoms with Gasteiger partial charge in [0, 0.05) is 60.4 Å². The van der Waals surface area contributed by atoms with E-state index in [2.05, 4.69) is 0 Å². The van der Waals surface area contributed by atoms with E-state index < -0.39 is 51.1 Å². The van der Waals surface area contributed by atoms with Crippen molar-refractivity contribution in [2.24, 2.45) is 5.41 Å². The second-order valence-electron chi connectivity index (χ2n) is 10.7. The second kappa shape index (κ2) is 9.38. The second-order valence-corrected chi connectivity index (χ2v) is 12.7. The highest BCUT2D eigenvalue weighted by molar-refractivity contribution is 7.88. The van der Waals surface area contributed by atoms with Crippen LogP contribution in [0.2, 0.25) is 0 Å². The molecule has 0 aliphatic carbocycles. The van der Waals surface area contributed by atoms with Crippen LogP contribution >= 0.6 is 0 Å². The largest absolute Gasteiger partial charge is 0.430 e. The molecule has 0 amide bonds. The van der Waals surface area contributed by atoms with Gasteiger partial charge in [-0.1, -0.05) is 38.1 Å². The average molecular weight is 587 g/mol. The number of aliphatic hydroxyl groups is 1. The SMILES string of the molecule is CC(C)c1c(F)c(CN2CC3(C2)CN(S(C)(=O)=O)C3)cc(F)c1-c1ccc(C(O)(C(F)(F)F)C(F)(F)F)cc1. The molecule has 1 N–H and O–H groups in total. The first kappa shape index (κ1) is 29.7. The molecule has 0 unspecified atom stereocenters. The van der Waals surface area contributed by atoms with E-state index in [9.17, 15) is 39.9 Å². The Balaban J connectivity index is 1.61. The van der Waals surface area contributed by atoms with Crippen molar-refractivity contribution in [1.82, 2.24) is 9.21 Å². The maximum absolute atomic E-state index is 15.6. The molecule has 2 fully saturated rings. The predicted octanol–water partition coefficient (Wildman–Crippen LogP) is 5.14. The van der Waals surface area contributed by atoms with Crippen molar-refractivity contribution in [3.05, 3.63) is 58.7 Å². The van der Waals surface area contributed by atoms with Gasteiger partial charge in [0.1, 0.15) is 11.6 Å². The van der Waals surface area contributed by atoms with E-state index in [0.29, 0.717) is 38.3 Å². The fourth-order valence-corrected chi connectivity index (χ4v) is 6.42. The van der Waals surface area contributed by atoms with Gasteiger partial charge in [-0.25, -0.2) is 21.5 Å². The first-order chi connectivity index (χ1) is 17.7. The van der Waals surface area contributed by atoms with Crippen LogP contribution in [0.3, 0.4) is 0 Å². The third kappa shape index (κ3) is 5.04. The Morgan fingerprint density at radius 3 is 1.90 bits per heavy atom. The summed E-state index contributed by atoms with van der Waals surface area (Å²) in [6, 6.07) is 3.29. The quantitative estimate of drug-likeness (QED) is 0.477. The van der Waals surface area contributed by atoms with E-state index in [1.165, 1.54) is 4.31 Å². The molecule has 14 heteroatoms. The van der Waals surface area contributed by atoms with Gasteiger partial charge < -0.3 is 5.11 Å².